The Balaban J connectivity index is 1.60. The largest absolute Gasteiger partial charge is 0.368 e. The zero-order valence-corrected chi connectivity index (χ0v) is 23.7. The number of carbonyl (C=O) groups excluding carboxylic acids is 3. The van der Waals surface area contributed by atoms with Crippen molar-refractivity contribution in [3.05, 3.63) is 34.9 Å². The number of primary amides is 1. The van der Waals surface area contributed by atoms with Gasteiger partial charge in [0, 0.05) is 42.0 Å². The highest BCUT2D eigenvalue weighted by Gasteiger charge is 2.49. The number of benzene rings is 1. The molecular weight excluding hydrogens is 488 g/mol. The molecule has 0 spiro atoms. The highest BCUT2D eigenvalue weighted by molar-refractivity contribution is 6.30. The molecule has 2 aliphatic heterocycles. The van der Waals surface area contributed by atoms with Crippen molar-refractivity contribution in [2.24, 2.45) is 23.0 Å². The Bertz CT molecular complexity index is 999. The summed E-state index contributed by atoms with van der Waals surface area (Å²) in [6.45, 7) is 9.83. The maximum atomic E-state index is 14.1. The van der Waals surface area contributed by atoms with Crippen molar-refractivity contribution in [2.45, 2.75) is 83.8 Å². The van der Waals surface area contributed by atoms with Crippen molar-refractivity contribution < 1.29 is 14.4 Å². The molecule has 0 radical (unpaired) electrons. The van der Waals surface area contributed by atoms with Crippen LogP contribution in [0.4, 0.5) is 0 Å². The fraction of sp³-hybridized carbons (Fsp3) is 0.690. The van der Waals surface area contributed by atoms with Crippen LogP contribution in [0.3, 0.4) is 0 Å². The Kier molecular flexibility index (Phi) is 8.25. The van der Waals surface area contributed by atoms with Crippen molar-refractivity contribution in [3.8, 4) is 0 Å². The Morgan fingerprint density at radius 2 is 1.59 bits per heavy atom. The van der Waals surface area contributed by atoms with E-state index in [9.17, 15) is 14.4 Å². The van der Waals surface area contributed by atoms with E-state index in [1.165, 1.54) is 0 Å². The van der Waals surface area contributed by atoms with Gasteiger partial charge in [0.15, 0.2) is 0 Å². The SMILES string of the molecule is CC1CCC(N(C(=O)C(C)(C)C)[C@H]2C[C@@H](C(N)=O)N(C(=O)[C@@H]3CN(C)C[C@H]3c3ccc(Cl)cc3)C2)CC1. The lowest BCUT2D eigenvalue weighted by Crippen LogP contribution is -2.53. The molecule has 204 valence electrons. The fourth-order valence-electron chi connectivity index (χ4n) is 6.58. The third-order valence-corrected chi connectivity index (χ3v) is 8.91. The number of nitrogens with two attached hydrogens (primary N) is 1. The zero-order valence-electron chi connectivity index (χ0n) is 23.0. The molecule has 1 saturated carbocycles. The van der Waals surface area contributed by atoms with Crippen LogP contribution in [-0.4, -0.2) is 77.2 Å². The minimum Gasteiger partial charge on any atom is -0.368 e. The molecule has 37 heavy (non-hydrogen) atoms. The van der Waals surface area contributed by atoms with Gasteiger partial charge < -0.3 is 20.4 Å². The summed E-state index contributed by atoms with van der Waals surface area (Å²) >= 11 is 6.11. The predicted molar refractivity (Wildman–Crippen MR) is 146 cm³/mol. The first-order valence-corrected chi connectivity index (χ1v) is 14.1. The summed E-state index contributed by atoms with van der Waals surface area (Å²) < 4.78 is 0. The number of likely N-dealkylation sites (N-methyl/N-ethyl adjacent to an activating group) is 1. The lowest BCUT2D eigenvalue weighted by molar-refractivity contribution is -0.146. The molecule has 0 bridgehead atoms. The number of likely N-dealkylation sites (tertiary alicyclic amines) is 2. The number of hydrogen-bond acceptors (Lipinski definition) is 4. The van der Waals surface area contributed by atoms with Crippen molar-refractivity contribution in [3.63, 3.8) is 0 Å². The molecule has 1 aromatic rings. The van der Waals surface area contributed by atoms with Crippen LogP contribution in [-0.2, 0) is 14.4 Å². The van der Waals surface area contributed by atoms with E-state index in [1.807, 2.05) is 57.0 Å². The Morgan fingerprint density at radius 1 is 0.973 bits per heavy atom. The number of amides is 3. The first-order chi connectivity index (χ1) is 17.4. The number of nitrogens with zero attached hydrogens (tertiary/aromatic N) is 3. The van der Waals surface area contributed by atoms with Crippen LogP contribution in [0.2, 0.25) is 5.02 Å². The molecule has 8 heteroatoms. The second-order valence-corrected chi connectivity index (χ2v) is 13.1. The average Bonchev–Trinajstić information content (AvgIpc) is 3.44. The molecule has 7 nitrogen and oxygen atoms in total. The second-order valence-electron chi connectivity index (χ2n) is 12.7. The van der Waals surface area contributed by atoms with Crippen molar-refractivity contribution in [1.29, 1.82) is 0 Å². The lowest BCUT2D eigenvalue weighted by atomic mass is 9.84. The minimum absolute atomic E-state index is 0.00878. The van der Waals surface area contributed by atoms with Gasteiger partial charge in [0.1, 0.15) is 6.04 Å². The maximum Gasteiger partial charge on any atom is 0.240 e. The van der Waals surface area contributed by atoms with Gasteiger partial charge >= 0.3 is 0 Å². The Hall–Kier alpha value is -2.12. The van der Waals surface area contributed by atoms with Crippen LogP contribution in [0.5, 0.6) is 0 Å². The van der Waals surface area contributed by atoms with E-state index in [1.54, 1.807) is 4.90 Å². The smallest absolute Gasteiger partial charge is 0.240 e. The Labute approximate surface area is 226 Å². The lowest BCUT2D eigenvalue weighted by Gasteiger charge is -2.42. The molecule has 2 N–H and O–H groups in total. The van der Waals surface area contributed by atoms with E-state index in [0.29, 0.717) is 30.5 Å². The molecule has 1 aliphatic carbocycles. The summed E-state index contributed by atoms with van der Waals surface area (Å²) in [4.78, 5) is 46.3. The molecule has 4 rings (SSSR count). The predicted octanol–water partition coefficient (Wildman–Crippen LogP) is 3.89. The number of rotatable bonds is 5. The molecule has 0 aromatic heterocycles. The monoisotopic (exact) mass is 530 g/mol. The van der Waals surface area contributed by atoms with Crippen LogP contribution in [0.25, 0.3) is 0 Å². The number of hydrogen-bond donors (Lipinski definition) is 1. The van der Waals surface area contributed by atoms with Gasteiger partial charge in [-0.05, 0) is 62.8 Å². The van der Waals surface area contributed by atoms with E-state index >= 15 is 0 Å². The normalized spacial score (nSPS) is 30.9. The van der Waals surface area contributed by atoms with E-state index in [0.717, 1.165) is 37.8 Å². The highest BCUT2D eigenvalue weighted by atomic mass is 35.5. The maximum absolute atomic E-state index is 14.1. The van der Waals surface area contributed by atoms with Crippen molar-refractivity contribution in [1.82, 2.24) is 14.7 Å². The van der Waals surface area contributed by atoms with Crippen LogP contribution in [0.15, 0.2) is 24.3 Å². The quantitative estimate of drug-likeness (QED) is 0.625. The molecule has 0 unspecified atom stereocenters. The van der Waals surface area contributed by atoms with Crippen molar-refractivity contribution in [2.75, 3.05) is 26.7 Å². The van der Waals surface area contributed by atoms with Gasteiger partial charge in [-0.25, -0.2) is 0 Å². The summed E-state index contributed by atoms with van der Waals surface area (Å²) in [7, 11) is 2.02. The molecule has 2 heterocycles. The van der Waals surface area contributed by atoms with Gasteiger partial charge in [-0.3, -0.25) is 14.4 Å². The fourth-order valence-corrected chi connectivity index (χ4v) is 6.70. The van der Waals surface area contributed by atoms with E-state index in [-0.39, 0.29) is 35.7 Å². The van der Waals surface area contributed by atoms with Gasteiger partial charge in [-0.15, -0.1) is 0 Å². The average molecular weight is 531 g/mol. The standard InChI is InChI=1S/C29H43ClN4O3/c1-18-6-12-21(13-7-18)34(28(37)29(2,3)4)22-14-25(26(31)35)33(15-22)27(36)24-17-32(5)16-23(24)19-8-10-20(30)11-9-19/h8-11,18,21-25H,6-7,12-17H2,1-5H3,(H2,31,35)/t18?,21?,22-,23-,24+,25-/m0/s1. The minimum atomic E-state index is -0.702. The van der Waals surface area contributed by atoms with E-state index in [2.05, 4.69) is 11.8 Å². The van der Waals surface area contributed by atoms with Crippen LogP contribution < -0.4 is 5.73 Å². The van der Waals surface area contributed by atoms with Crippen LogP contribution >= 0.6 is 11.6 Å². The van der Waals surface area contributed by atoms with Crippen molar-refractivity contribution >= 4 is 29.3 Å². The number of carbonyl (C=O) groups is 3. The van der Waals surface area contributed by atoms with Crippen LogP contribution in [0, 0.1) is 17.3 Å². The summed E-state index contributed by atoms with van der Waals surface area (Å²) in [5, 5.41) is 0.662. The van der Waals surface area contributed by atoms with Gasteiger partial charge in [-0.2, -0.15) is 0 Å². The third kappa shape index (κ3) is 5.98. The van der Waals surface area contributed by atoms with Crippen LogP contribution in [0.1, 0.15) is 71.3 Å². The molecular formula is C29H43ClN4O3. The Morgan fingerprint density at radius 3 is 2.16 bits per heavy atom. The highest BCUT2D eigenvalue weighted by Crippen LogP contribution is 2.38. The summed E-state index contributed by atoms with van der Waals surface area (Å²) in [6, 6.07) is 6.91. The zero-order chi connectivity index (χ0) is 27.1. The topological polar surface area (TPSA) is 87.0 Å². The van der Waals surface area contributed by atoms with E-state index in [4.69, 9.17) is 17.3 Å². The first kappa shape index (κ1) is 27.9. The van der Waals surface area contributed by atoms with Gasteiger partial charge in [0.05, 0.1) is 12.0 Å². The van der Waals surface area contributed by atoms with Gasteiger partial charge in [-0.1, -0.05) is 51.4 Å². The van der Waals surface area contributed by atoms with Gasteiger partial charge in [0.2, 0.25) is 17.7 Å². The molecule has 2 saturated heterocycles. The number of halogens is 1. The third-order valence-electron chi connectivity index (χ3n) is 8.66. The van der Waals surface area contributed by atoms with E-state index < -0.39 is 17.4 Å². The molecule has 4 atom stereocenters. The second kappa shape index (κ2) is 10.9. The molecule has 3 fully saturated rings. The first-order valence-electron chi connectivity index (χ1n) is 13.7. The molecule has 3 aliphatic rings. The summed E-state index contributed by atoms with van der Waals surface area (Å²) in [5.74, 6) is -0.0634. The van der Waals surface area contributed by atoms with Gasteiger partial charge in [0.25, 0.3) is 0 Å². The summed E-state index contributed by atoms with van der Waals surface area (Å²) in [5.41, 5.74) is 6.40. The molecule has 3 amide bonds. The molecule has 1 aromatic carbocycles. The summed E-state index contributed by atoms with van der Waals surface area (Å²) in [6.07, 6.45) is 4.50.